The number of rotatable bonds is 10. The summed E-state index contributed by atoms with van der Waals surface area (Å²) in [5, 5.41) is 0. The normalized spacial score (nSPS) is 12.3. The second-order valence-corrected chi connectivity index (χ2v) is 6.95. The first kappa shape index (κ1) is 18.6. The fourth-order valence-electron chi connectivity index (χ4n) is 1.19. The fourth-order valence-corrected chi connectivity index (χ4v) is 1.94. The van der Waals surface area contributed by atoms with Gasteiger partial charge < -0.3 is 14.4 Å². The maximum absolute atomic E-state index is 11.6. The van der Waals surface area contributed by atoms with Crippen LogP contribution < -0.4 is 4.89 Å². The highest BCUT2D eigenvalue weighted by molar-refractivity contribution is 7.52. The van der Waals surface area contributed by atoms with Crippen LogP contribution in [-0.2, 0) is 14.3 Å². The quantitative estimate of drug-likeness (QED) is 0.351. The lowest BCUT2D eigenvalue weighted by Crippen LogP contribution is -2.12. The van der Waals surface area contributed by atoms with Crippen molar-refractivity contribution in [2.75, 3.05) is 26.0 Å². The summed E-state index contributed by atoms with van der Waals surface area (Å²) in [6.45, 7) is 9.88. The topological polar surface area (TPSA) is 58.6 Å². The smallest absolute Gasteiger partial charge is 0.373 e. The molecule has 4 nitrogen and oxygen atoms in total. The summed E-state index contributed by atoms with van der Waals surface area (Å²) in [6.07, 6.45) is 2.21. The van der Waals surface area contributed by atoms with Crippen LogP contribution in [0.4, 0.5) is 0 Å². The molecule has 5 heteroatoms. The molecule has 0 bridgehead atoms. The largest absolute Gasteiger partial charge is 0.630 e. The zero-order chi connectivity index (χ0) is 14.7. The van der Waals surface area contributed by atoms with E-state index >= 15 is 0 Å². The molecule has 0 aliphatic carbocycles. The van der Waals surface area contributed by atoms with E-state index in [0.717, 1.165) is 12.8 Å². The first-order valence-corrected chi connectivity index (χ1v) is 8.46. The van der Waals surface area contributed by atoms with Crippen molar-refractivity contribution < 1.29 is 19.2 Å². The van der Waals surface area contributed by atoms with Crippen molar-refractivity contribution in [1.29, 1.82) is 0 Å². The standard InChI is InChI=1S/C14H27O4P/c1-12(2)5-7-17-9-10-19(16)11-14(15)18-8-6-13(3)4/h11-13H,5-10H2,1-4H3. The first-order chi connectivity index (χ1) is 8.91. The van der Waals surface area contributed by atoms with Gasteiger partial charge in [-0.15, -0.1) is 0 Å². The summed E-state index contributed by atoms with van der Waals surface area (Å²) in [7, 11) is -1.66. The van der Waals surface area contributed by atoms with E-state index in [1.807, 2.05) is 0 Å². The second-order valence-electron chi connectivity index (χ2n) is 5.41. The number of hydrogen-bond donors (Lipinski definition) is 0. The summed E-state index contributed by atoms with van der Waals surface area (Å²) >= 11 is 0. The Bertz CT molecular complexity index is 275. The molecule has 0 aromatic rings. The predicted molar refractivity (Wildman–Crippen MR) is 78.5 cm³/mol. The molecule has 1 unspecified atom stereocenters. The maximum Gasteiger partial charge on any atom is 0.373 e. The minimum Gasteiger partial charge on any atom is -0.630 e. The average molecular weight is 290 g/mol. The van der Waals surface area contributed by atoms with Gasteiger partial charge >= 0.3 is 5.97 Å². The van der Waals surface area contributed by atoms with Crippen molar-refractivity contribution in [1.82, 2.24) is 0 Å². The Balaban J connectivity index is 3.65. The van der Waals surface area contributed by atoms with E-state index < -0.39 is 13.7 Å². The van der Waals surface area contributed by atoms with E-state index in [1.165, 1.54) is 5.80 Å². The monoisotopic (exact) mass is 290 g/mol. The van der Waals surface area contributed by atoms with Gasteiger partial charge in [-0.3, -0.25) is 0 Å². The second kappa shape index (κ2) is 11.4. The first-order valence-electron chi connectivity index (χ1n) is 6.95. The minimum atomic E-state index is -1.66. The number of hydrogen-bond acceptors (Lipinski definition) is 4. The van der Waals surface area contributed by atoms with Crippen LogP contribution in [-0.4, -0.2) is 37.7 Å². The van der Waals surface area contributed by atoms with Crippen LogP contribution in [0.5, 0.6) is 0 Å². The molecule has 0 aliphatic rings. The van der Waals surface area contributed by atoms with E-state index in [2.05, 4.69) is 27.7 Å². The van der Waals surface area contributed by atoms with Gasteiger partial charge in [0.25, 0.3) is 0 Å². The highest BCUT2D eigenvalue weighted by atomic mass is 31.1. The van der Waals surface area contributed by atoms with E-state index in [9.17, 15) is 9.69 Å². The molecule has 0 rings (SSSR count). The van der Waals surface area contributed by atoms with Gasteiger partial charge in [-0.25, -0.2) is 4.79 Å². The average Bonchev–Trinajstić information content (AvgIpc) is 2.27. The summed E-state index contributed by atoms with van der Waals surface area (Å²) in [6, 6.07) is 0. The van der Waals surface area contributed by atoms with Crippen LogP contribution in [0.25, 0.3) is 0 Å². The van der Waals surface area contributed by atoms with Crippen molar-refractivity contribution in [2.24, 2.45) is 11.8 Å². The summed E-state index contributed by atoms with van der Waals surface area (Å²) in [5.74, 6) is 1.79. The summed E-state index contributed by atoms with van der Waals surface area (Å²) in [4.78, 5) is 22.9. The third-order valence-corrected chi connectivity index (χ3v) is 3.61. The maximum atomic E-state index is 11.6. The van der Waals surface area contributed by atoms with Crippen LogP contribution in [0, 0.1) is 11.8 Å². The molecule has 0 saturated heterocycles. The molecule has 0 radical (unpaired) electrons. The zero-order valence-corrected chi connectivity index (χ0v) is 13.4. The summed E-state index contributed by atoms with van der Waals surface area (Å²) < 4.78 is 10.3. The number of carbonyl (C=O) groups excluding carboxylic acids is 1. The van der Waals surface area contributed by atoms with Crippen molar-refractivity contribution >= 4 is 19.5 Å². The summed E-state index contributed by atoms with van der Waals surface area (Å²) in [5.41, 5.74) is 0. The third-order valence-electron chi connectivity index (χ3n) is 2.48. The molecule has 0 fully saturated rings. The van der Waals surface area contributed by atoms with Gasteiger partial charge in [0.2, 0.25) is 0 Å². The molecule has 1 atom stereocenters. The van der Waals surface area contributed by atoms with Crippen LogP contribution in [0.1, 0.15) is 40.5 Å². The SMILES string of the molecule is CC(C)CCOCC[P+]([O-])=CC(=O)OCCC(C)C. The lowest BCUT2D eigenvalue weighted by molar-refractivity contribution is -0.153. The van der Waals surface area contributed by atoms with Gasteiger partial charge in [0.05, 0.1) is 21.0 Å². The molecule has 0 saturated carbocycles. The number of ether oxygens (including phenoxy) is 2. The lowest BCUT2D eigenvalue weighted by Gasteiger charge is -2.05. The van der Waals surface area contributed by atoms with Gasteiger partial charge in [-0.05, 0) is 24.7 Å². The van der Waals surface area contributed by atoms with E-state index in [-0.39, 0.29) is 0 Å². The number of carbonyl (C=O) groups is 1. The molecule has 0 spiro atoms. The molecule has 0 aromatic heterocycles. The third kappa shape index (κ3) is 13.8. The highest BCUT2D eigenvalue weighted by Gasteiger charge is 2.06. The van der Waals surface area contributed by atoms with Crippen LogP contribution in [0.2, 0.25) is 0 Å². The Morgan fingerprint density at radius 1 is 1.11 bits per heavy atom. The van der Waals surface area contributed by atoms with Gasteiger partial charge in [-0.1, -0.05) is 27.7 Å². The van der Waals surface area contributed by atoms with Crippen LogP contribution in [0.15, 0.2) is 0 Å². The molecule has 0 aliphatic heterocycles. The highest BCUT2D eigenvalue weighted by Crippen LogP contribution is 2.09. The van der Waals surface area contributed by atoms with Gasteiger partial charge in [0.15, 0.2) is 5.80 Å². The molecule has 19 heavy (non-hydrogen) atoms. The Kier molecular flexibility index (Phi) is 11.1. The van der Waals surface area contributed by atoms with E-state index in [4.69, 9.17) is 9.47 Å². The fraction of sp³-hybridized carbons (Fsp3) is 0.857. The predicted octanol–water partition coefficient (Wildman–Crippen LogP) is 2.20. The minimum absolute atomic E-state index is 0.382. The van der Waals surface area contributed by atoms with Crippen molar-refractivity contribution in [3.8, 4) is 0 Å². The Morgan fingerprint density at radius 2 is 1.68 bits per heavy atom. The van der Waals surface area contributed by atoms with E-state index in [1.54, 1.807) is 0 Å². The molecular formula is C14H27O4P. The molecule has 0 aromatic carbocycles. The number of esters is 1. The van der Waals surface area contributed by atoms with E-state index in [0.29, 0.717) is 37.8 Å². The zero-order valence-electron chi connectivity index (χ0n) is 12.6. The van der Waals surface area contributed by atoms with Crippen LogP contribution in [0.3, 0.4) is 0 Å². The van der Waals surface area contributed by atoms with Gasteiger partial charge in [0, 0.05) is 6.61 Å². The molecular weight excluding hydrogens is 263 g/mol. The molecule has 0 N–H and O–H groups in total. The van der Waals surface area contributed by atoms with Crippen molar-refractivity contribution in [3.05, 3.63) is 0 Å². The molecule has 0 amide bonds. The Hall–Kier alpha value is -0.440. The molecule has 112 valence electrons. The van der Waals surface area contributed by atoms with Gasteiger partial charge in [0.1, 0.15) is 6.16 Å². The lowest BCUT2D eigenvalue weighted by atomic mass is 10.1. The Labute approximate surface area is 118 Å². The molecule has 0 heterocycles. The van der Waals surface area contributed by atoms with Crippen LogP contribution >= 0.6 is 7.77 Å². The Morgan fingerprint density at radius 3 is 2.26 bits per heavy atom. The van der Waals surface area contributed by atoms with Crippen molar-refractivity contribution in [2.45, 2.75) is 40.5 Å². The van der Waals surface area contributed by atoms with Crippen molar-refractivity contribution in [3.63, 3.8) is 0 Å². The van der Waals surface area contributed by atoms with Gasteiger partial charge in [-0.2, -0.15) is 0 Å².